The van der Waals surface area contributed by atoms with Gasteiger partial charge in [0.1, 0.15) is 67.1 Å². The van der Waals surface area contributed by atoms with Gasteiger partial charge in [0.2, 0.25) is 0 Å². The minimum atomic E-state index is -1.77. The molecule has 64 heavy (non-hydrogen) atoms. The number of aliphatic hydroxyl groups is 12. The average molecular weight is 921 g/mol. The Labute approximate surface area is 374 Å². The summed E-state index contributed by atoms with van der Waals surface area (Å²) in [5.41, 5.74) is -0.361. The standard InChI is InChI=1S/C45H76O19/c1-19(18-58-39-34(54)33(53)30(50)27(16-46)60-39)8-13-44(57)20(2)38-43(5)12-10-25-24(7-6-22-14-23(48)9-11-42(22,25)4)26(43)15-45(38,64-44)63-41-36(56)37(31(51)28(17-47)61-41)62-40-35(55)32(52)29(49)21(3)59-40/h19-41,46-57H,6-18H2,1-5H3/t19-,20-,21-,22+,23-,24+,25-,26-,27+,28+,29-,30-,31-,32+,33-,34+,35+,36+,37-,38+,39+,40-,41-,42-,43-,44+,45?/m0/s1. The van der Waals surface area contributed by atoms with Crippen molar-refractivity contribution in [3.63, 3.8) is 0 Å². The third-order valence-corrected chi connectivity index (χ3v) is 18.0. The van der Waals surface area contributed by atoms with Gasteiger partial charge in [-0.3, -0.25) is 0 Å². The van der Waals surface area contributed by atoms with Crippen molar-refractivity contribution in [3.8, 4) is 0 Å². The van der Waals surface area contributed by atoms with Gasteiger partial charge in [0.05, 0.1) is 32.0 Å². The second kappa shape index (κ2) is 18.5. The molecule has 370 valence electrons. The number of rotatable bonds is 12. The molecule has 0 amide bonds. The molecule has 8 rings (SSSR count). The molecule has 8 aliphatic rings. The minimum Gasteiger partial charge on any atom is -0.394 e. The van der Waals surface area contributed by atoms with E-state index in [1.165, 1.54) is 6.92 Å². The third-order valence-electron chi connectivity index (χ3n) is 18.0. The Morgan fingerprint density at radius 2 is 1.31 bits per heavy atom. The molecule has 8 fully saturated rings. The molecule has 4 aliphatic carbocycles. The number of hydrogen-bond donors (Lipinski definition) is 12. The normalized spacial score (nSPS) is 56.8. The van der Waals surface area contributed by atoms with Gasteiger partial charge in [0.15, 0.2) is 30.4 Å². The quantitative estimate of drug-likeness (QED) is 0.107. The molecular formula is C45H76O19. The van der Waals surface area contributed by atoms with Crippen LogP contribution in [0.15, 0.2) is 0 Å². The van der Waals surface area contributed by atoms with E-state index in [-0.39, 0.29) is 36.4 Å². The van der Waals surface area contributed by atoms with E-state index in [4.69, 9.17) is 33.2 Å². The van der Waals surface area contributed by atoms with Crippen molar-refractivity contribution in [2.24, 2.45) is 52.3 Å². The number of ether oxygens (including phenoxy) is 7. The molecule has 0 aromatic rings. The van der Waals surface area contributed by atoms with Gasteiger partial charge < -0.3 is 94.4 Å². The van der Waals surface area contributed by atoms with E-state index in [0.29, 0.717) is 30.6 Å². The molecule has 0 radical (unpaired) electrons. The minimum absolute atomic E-state index is 0.0282. The molecule has 27 atom stereocenters. The Morgan fingerprint density at radius 3 is 2.02 bits per heavy atom. The molecule has 4 aliphatic heterocycles. The lowest BCUT2D eigenvalue weighted by molar-refractivity contribution is -0.405. The van der Waals surface area contributed by atoms with Crippen LogP contribution in [0, 0.1) is 52.3 Å². The SMILES string of the molecule is C[C@@H](CC[C@@]1(O)OC2(O[C@@H]3O[C@H](CO)[C@H](O)[C@H](O[C@@H]4O[C@@H](C)[C@H](O)[C@@H](O)[C@H]4O)[C@H]3O)C[C@H]3[C@@H]4CC[C@@H]5C[C@@H](O)CC[C@]5(C)[C@H]4CC[C@]3(C)[C@H]2[C@@H]1C)CO[C@@H]1O[C@H](CO)[C@H](O)[C@H](O)[C@H]1O. The summed E-state index contributed by atoms with van der Waals surface area (Å²) in [6.45, 7) is 8.65. The predicted octanol–water partition coefficient (Wildman–Crippen LogP) is -1.43. The first kappa shape index (κ1) is 49.7. The van der Waals surface area contributed by atoms with Crippen LogP contribution < -0.4 is 0 Å². The van der Waals surface area contributed by atoms with Gasteiger partial charge in [0.25, 0.3) is 0 Å². The fraction of sp³-hybridized carbons (Fsp3) is 1.00. The zero-order valence-electron chi connectivity index (χ0n) is 37.7. The van der Waals surface area contributed by atoms with Crippen LogP contribution in [0.3, 0.4) is 0 Å². The van der Waals surface area contributed by atoms with Crippen molar-refractivity contribution in [3.05, 3.63) is 0 Å². The summed E-state index contributed by atoms with van der Waals surface area (Å²) in [6.07, 6.45) is -15.7. The second-order valence-electron chi connectivity index (χ2n) is 21.6. The summed E-state index contributed by atoms with van der Waals surface area (Å²) in [7, 11) is 0. The van der Waals surface area contributed by atoms with Crippen LogP contribution in [0.1, 0.15) is 98.8 Å². The Kier molecular flexibility index (Phi) is 14.4. The Morgan fingerprint density at radius 1 is 0.672 bits per heavy atom. The highest BCUT2D eigenvalue weighted by Gasteiger charge is 2.76. The fourth-order valence-corrected chi connectivity index (χ4v) is 14.2. The fourth-order valence-electron chi connectivity index (χ4n) is 14.2. The lowest BCUT2D eigenvalue weighted by atomic mass is 9.44. The van der Waals surface area contributed by atoms with Gasteiger partial charge in [-0.25, -0.2) is 0 Å². The van der Waals surface area contributed by atoms with Crippen LogP contribution >= 0.6 is 0 Å². The summed E-state index contributed by atoms with van der Waals surface area (Å²) >= 11 is 0. The molecule has 19 heteroatoms. The van der Waals surface area contributed by atoms with E-state index in [2.05, 4.69) is 13.8 Å². The average Bonchev–Trinajstić information content (AvgIpc) is 3.65. The van der Waals surface area contributed by atoms with Crippen molar-refractivity contribution in [1.82, 2.24) is 0 Å². The van der Waals surface area contributed by atoms with Crippen molar-refractivity contribution >= 4 is 0 Å². The van der Waals surface area contributed by atoms with Crippen LogP contribution in [0.25, 0.3) is 0 Å². The largest absolute Gasteiger partial charge is 0.394 e. The summed E-state index contributed by atoms with van der Waals surface area (Å²) in [5.74, 6) is -3.35. The van der Waals surface area contributed by atoms with E-state index < -0.39 is 134 Å². The molecule has 0 aromatic heterocycles. The molecule has 12 N–H and O–H groups in total. The van der Waals surface area contributed by atoms with Crippen molar-refractivity contribution in [1.29, 1.82) is 0 Å². The molecule has 0 spiro atoms. The number of hydrogen-bond acceptors (Lipinski definition) is 19. The van der Waals surface area contributed by atoms with Gasteiger partial charge in [-0.1, -0.05) is 27.7 Å². The number of fused-ring (bicyclic) bond motifs is 7. The zero-order valence-corrected chi connectivity index (χ0v) is 37.7. The summed E-state index contributed by atoms with van der Waals surface area (Å²) < 4.78 is 43.1. The van der Waals surface area contributed by atoms with Crippen LogP contribution in [0.5, 0.6) is 0 Å². The maximum atomic E-state index is 12.7. The highest BCUT2D eigenvalue weighted by atomic mass is 16.8. The molecule has 4 heterocycles. The lowest BCUT2D eigenvalue weighted by Gasteiger charge is -2.61. The molecule has 4 saturated carbocycles. The number of aliphatic hydroxyl groups excluding tert-OH is 11. The van der Waals surface area contributed by atoms with Gasteiger partial charge in [-0.05, 0) is 98.7 Å². The van der Waals surface area contributed by atoms with Crippen molar-refractivity contribution < 1.29 is 94.4 Å². The summed E-state index contributed by atoms with van der Waals surface area (Å²) in [5, 5.41) is 129. The summed E-state index contributed by atoms with van der Waals surface area (Å²) in [4.78, 5) is 0. The first-order valence-electron chi connectivity index (χ1n) is 23.8. The molecule has 0 bridgehead atoms. The predicted molar refractivity (Wildman–Crippen MR) is 219 cm³/mol. The van der Waals surface area contributed by atoms with Gasteiger partial charge in [-0.2, -0.15) is 0 Å². The molecule has 0 aromatic carbocycles. The first-order valence-corrected chi connectivity index (χ1v) is 23.8. The summed E-state index contributed by atoms with van der Waals surface area (Å²) in [6, 6.07) is 0. The van der Waals surface area contributed by atoms with E-state index >= 15 is 0 Å². The van der Waals surface area contributed by atoms with Gasteiger partial charge in [0, 0.05) is 24.7 Å². The second-order valence-corrected chi connectivity index (χ2v) is 21.6. The maximum Gasteiger partial charge on any atom is 0.190 e. The van der Waals surface area contributed by atoms with E-state index in [0.717, 1.165) is 44.9 Å². The van der Waals surface area contributed by atoms with E-state index in [1.54, 1.807) is 0 Å². The van der Waals surface area contributed by atoms with E-state index in [1.807, 2.05) is 13.8 Å². The first-order chi connectivity index (χ1) is 30.1. The van der Waals surface area contributed by atoms with Crippen molar-refractivity contribution in [2.75, 3.05) is 19.8 Å². The molecule has 1 unspecified atom stereocenters. The zero-order chi connectivity index (χ0) is 46.4. The van der Waals surface area contributed by atoms with Crippen LogP contribution in [-0.4, -0.2) is 191 Å². The molecule has 19 nitrogen and oxygen atoms in total. The molecular weight excluding hydrogens is 844 g/mol. The third kappa shape index (κ3) is 8.34. The van der Waals surface area contributed by atoms with Crippen molar-refractivity contribution in [2.45, 2.75) is 209 Å². The maximum absolute atomic E-state index is 12.7. The Balaban J connectivity index is 1.05. The monoisotopic (exact) mass is 920 g/mol. The highest BCUT2D eigenvalue weighted by Crippen LogP contribution is 2.74. The Bertz CT molecular complexity index is 1600. The van der Waals surface area contributed by atoms with Crippen LogP contribution in [0.4, 0.5) is 0 Å². The van der Waals surface area contributed by atoms with Crippen LogP contribution in [-0.2, 0) is 33.2 Å². The smallest absolute Gasteiger partial charge is 0.190 e. The van der Waals surface area contributed by atoms with E-state index in [9.17, 15) is 61.3 Å². The lowest BCUT2D eigenvalue weighted by Crippen LogP contribution is -2.65. The van der Waals surface area contributed by atoms with Gasteiger partial charge in [-0.15, -0.1) is 0 Å². The molecule has 4 saturated heterocycles. The topological polar surface area (TPSA) is 307 Å². The highest BCUT2D eigenvalue weighted by molar-refractivity contribution is 5.18. The van der Waals surface area contributed by atoms with Gasteiger partial charge >= 0.3 is 0 Å². The van der Waals surface area contributed by atoms with Crippen LogP contribution in [0.2, 0.25) is 0 Å². The Hall–Kier alpha value is -0.760.